The van der Waals surface area contributed by atoms with Gasteiger partial charge in [-0.15, -0.1) is 0 Å². The van der Waals surface area contributed by atoms with E-state index in [9.17, 15) is 14.7 Å². The minimum Gasteiger partial charge on any atom is -0.481 e. The van der Waals surface area contributed by atoms with E-state index in [0.29, 0.717) is 6.42 Å². The third-order valence-electron chi connectivity index (χ3n) is 3.64. The maximum Gasteiger partial charge on any atom is 0.308 e. The van der Waals surface area contributed by atoms with Gasteiger partial charge in [0, 0.05) is 0 Å². The first kappa shape index (κ1) is 14.4. The predicted molar refractivity (Wildman–Crippen MR) is 69.1 cm³/mol. The normalized spacial score (nSPS) is 30.6. The summed E-state index contributed by atoms with van der Waals surface area (Å²) in [5, 5.41) is 12.0. The van der Waals surface area contributed by atoms with Crippen molar-refractivity contribution in [2.75, 3.05) is 6.26 Å². The smallest absolute Gasteiger partial charge is 0.308 e. The SMILES string of the molecule is CSC(C)C(=O)NC1(C)CCCCC1C(=O)O. The maximum atomic E-state index is 11.9. The summed E-state index contributed by atoms with van der Waals surface area (Å²) >= 11 is 1.47. The summed E-state index contributed by atoms with van der Waals surface area (Å²) in [6.45, 7) is 3.69. The first-order chi connectivity index (χ1) is 7.90. The fourth-order valence-corrected chi connectivity index (χ4v) is 2.64. The van der Waals surface area contributed by atoms with E-state index in [0.717, 1.165) is 19.3 Å². The highest BCUT2D eigenvalue weighted by atomic mass is 32.2. The lowest BCUT2D eigenvalue weighted by Crippen LogP contribution is -2.56. The Bertz CT molecular complexity index is 308. The highest BCUT2D eigenvalue weighted by Gasteiger charge is 2.42. The Morgan fingerprint density at radius 2 is 2.12 bits per heavy atom. The maximum absolute atomic E-state index is 11.9. The lowest BCUT2D eigenvalue weighted by atomic mass is 9.74. The van der Waals surface area contributed by atoms with Crippen molar-refractivity contribution >= 4 is 23.6 Å². The van der Waals surface area contributed by atoms with Gasteiger partial charge in [0.05, 0.1) is 16.7 Å². The second-order valence-electron chi connectivity index (χ2n) is 4.92. The lowest BCUT2D eigenvalue weighted by molar-refractivity contribution is -0.146. The molecule has 0 aromatic carbocycles. The van der Waals surface area contributed by atoms with Crippen LogP contribution in [0, 0.1) is 5.92 Å². The summed E-state index contributed by atoms with van der Waals surface area (Å²) < 4.78 is 0. The standard InChI is InChI=1S/C12H21NO3S/c1-8(17-3)10(14)13-12(2)7-5-4-6-9(12)11(15)16/h8-9H,4-7H2,1-3H3,(H,13,14)(H,15,16). The Morgan fingerprint density at radius 1 is 1.47 bits per heavy atom. The van der Waals surface area contributed by atoms with Gasteiger partial charge in [0.25, 0.3) is 0 Å². The van der Waals surface area contributed by atoms with Gasteiger partial charge in [-0.25, -0.2) is 0 Å². The molecule has 0 heterocycles. The number of amides is 1. The topological polar surface area (TPSA) is 66.4 Å². The summed E-state index contributed by atoms with van der Waals surface area (Å²) in [5.41, 5.74) is -0.592. The molecule has 17 heavy (non-hydrogen) atoms. The van der Waals surface area contributed by atoms with Crippen molar-refractivity contribution in [2.24, 2.45) is 5.92 Å². The Hall–Kier alpha value is -0.710. The van der Waals surface area contributed by atoms with Crippen LogP contribution < -0.4 is 5.32 Å². The average Bonchev–Trinajstić information content (AvgIpc) is 2.27. The number of hydrogen-bond donors (Lipinski definition) is 2. The van der Waals surface area contributed by atoms with Crippen LogP contribution in [0.1, 0.15) is 39.5 Å². The van der Waals surface area contributed by atoms with Crippen molar-refractivity contribution < 1.29 is 14.7 Å². The van der Waals surface area contributed by atoms with Gasteiger partial charge in [0.1, 0.15) is 0 Å². The van der Waals surface area contributed by atoms with E-state index in [-0.39, 0.29) is 11.2 Å². The third-order valence-corrected chi connectivity index (χ3v) is 4.56. The number of carboxylic acid groups (broad SMARTS) is 1. The molecule has 3 unspecified atom stereocenters. The van der Waals surface area contributed by atoms with Crippen LogP contribution in [-0.4, -0.2) is 34.0 Å². The van der Waals surface area contributed by atoms with Crippen LogP contribution in [0.15, 0.2) is 0 Å². The molecule has 1 saturated carbocycles. The minimum atomic E-state index is -0.802. The van der Waals surface area contributed by atoms with Crippen molar-refractivity contribution in [3.8, 4) is 0 Å². The van der Waals surface area contributed by atoms with Crippen LogP contribution in [0.5, 0.6) is 0 Å². The molecular formula is C12H21NO3S. The summed E-state index contributed by atoms with van der Waals surface area (Å²) in [6.07, 6.45) is 5.19. The molecule has 2 N–H and O–H groups in total. The number of nitrogens with one attached hydrogen (secondary N) is 1. The number of aliphatic carboxylic acids is 1. The highest BCUT2D eigenvalue weighted by Crippen LogP contribution is 2.34. The molecule has 0 spiro atoms. The van der Waals surface area contributed by atoms with Gasteiger partial charge in [-0.3, -0.25) is 9.59 Å². The molecular weight excluding hydrogens is 238 g/mol. The van der Waals surface area contributed by atoms with Crippen LogP contribution in [-0.2, 0) is 9.59 Å². The van der Waals surface area contributed by atoms with E-state index in [1.807, 2.05) is 20.1 Å². The molecule has 3 atom stereocenters. The summed E-state index contributed by atoms with van der Waals surface area (Å²) in [6, 6.07) is 0. The largest absolute Gasteiger partial charge is 0.481 e. The first-order valence-corrected chi connectivity index (χ1v) is 7.27. The molecule has 0 bridgehead atoms. The highest BCUT2D eigenvalue weighted by molar-refractivity contribution is 7.99. The second kappa shape index (κ2) is 5.76. The van der Waals surface area contributed by atoms with E-state index in [2.05, 4.69) is 5.32 Å². The molecule has 0 aromatic heterocycles. The number of carboxylic acids is 1. The molecule has 1 amide bonds. The molecule has 1 aliphatic carbocycles. The molecule has 4 nitrogen and oxygen atoms in total. The van der Waals surface area contributed by atoms with E-state index < -0.39 is 17.4 Å². The number of thioether (sulfide) groups is 1. The lowest BCUT2D eigenvalue weighted by Gasteiger charge is -2.40. The van der Waals surface area contributed by atoms with E-state index in [1.54, 1.807) is 0 Å². The van der Waals surface area contributed by atoms with Gasteiger partial charge in [-0.1, -0.05) is 12.8 Å². The van der Waals surface area contributed by atoms with Crippen molar-refractivity contribution in [1.29, 1.82) is 0 Å². The van der Waals surface area contributed by atoms with Crippen LogP contribution in [0.4, 0.5) is 0 Å². The van der Waals surface area contributed by atoms with E-state index in [1.165, 1.54) is 11.8 Å². The molecule has 0 aliphatic heterocycles. The van der Waals surface area contributed by atoms with Gasteiger partial charge in [0.2, 0.25) is 5.91 Å². The molecule has 98 valence electrons. The quantitative estimate of drug-likeness (QED) is 0.809. The van der Waals surface area contributed by atoms with Crippen LogP contribution in [0.3, 0.4) is 0 Å². The summed E-state index contributed by atoms with van der Waals surface area (Å²) in [4.78, 5) is 23.1. The third kappa shape index (κ3) is 3.37. The molecule has 1 aliphatic rings. The average molecular weight is 259 g/mol. The number of hydrogen-bond acceptors (Lipinski definition) is 3. The number of carbonyl (C=O) groups excluding carboxylic acids is 1. The molecule has 5 heteroatoms. The van der Waals surface area contributed by atoms with Crippen molar-refractivity contribution in [2.45, 2.75) is 50.3 Å². The molecule has 1 rings (SSSR count). The van der Waals surface area contributed by atoms with E-state index in [4.69, 9.17) is 0 Å². The van der Waals surface area contributed by atoms with Crippen LogP contribution in [0.2, 0.25) is 0 Å². The molecule has 0 aromatic rings. The van der Waals surface area contributed by atoms with Crippen LogP contribution >= 0.6 is 11.8 Å². The Kier molecular flexibility index (Phi) is 4.86. The number of carbonyl (C=O) groups is 2. The minimum absolute atomic E-state index is 0.0619. The number of rotatable bonds is 4. The predicted octanol–water partition coefficient (Wildman–Crippen LogP) is 1.89. The van der Waals surface area contributed by atoms with E-state index >= 15 is 0 Å². The molecule has 1 fully saturated rings. The van der Waals surface area contributed by atoms with Gasteiger partial charge >= 0.3 is 5.97 Å². The van der Waals surface area contributed by atoms with Gasteiger partial charge in [-0.2, -0.15) is 11.8 Å². The van der Waals surface area contributed by atoms with Crippen LogP contribution in [0.25, 0.3) is 0 Å². The zero-order chi connectivity index (χ0) is 13.1. The zero-order valence-corrected chi connectivity index (χ0v) is 11.5. The Labute approximate surface area is 107 Å². The Balaban J connectivity index is 2.76. The summed E-state index contributed by atoms with van der Waals surface area (Å²) in [7, 11) is 0. The van der Waals surface area contributed by atoms with Gasteiger partial charge < -0.3 is 10.4 Å². The second-order valence-corrected chi connectivity index (χ2v) is 6.10. The Morgan fingerprint density at radius 3 is 2.65 bits per heavy atom. The van der Waals surface area contributed by atoms with Gasteiger partial charge in [-0.05, 0) is 32.9 Å². The van der Waals surface area contributed by atoms with Crippen molar-refractivity contribution in [3.05, 3.63) is 0 Å². The summed E-state index contributed by atoms with van der Waals surface area (Å²) in [5.74, 6) is -1.33. The fourth-order valence-electron chi connectivity index (χ4n) is 2.37. The fraction of sp³-hybridized carbons (Fsp3) is 0.833. The van der Waals surface area contributed by atoms with Crippen molar-refractivity contribution in [1.82, 2.24) is 5.32 Å². The molecule has 0 saturated heterocycles. The monoisotopic (exact) mass is 259 g/mol. The molecule has 0 radical (unpaired) electrons. The van der Waals surface area contributed by atoms with Crippen molar-refractivity contribution in [3.63, 3.8) is 0 Å². The zero-order valence-electron chi connectivity index (χ0n) is 10.7. The van der Waals surface area contributed by atoms with Gasteiger partial charge in [0.15, 0.2) is 0 Å². The first-order valence-electron chi connectivity index (χ1n) is 5.98.